The fraction of sp³-hybridized carbons (Fsp3) is 0.769. The van der Waals surface area contributed by atoms with Crippen LogP contribution < -0.4 is 5.32 Å². The lowest BCUT2D eigenvalue weighted by molar-refractivity contribution is -0.145. The normalized spacial score (nSPS) is 12.0. The molecule has 0 aromatic heterocycles. The number of hydrogen-bond donors (Lipinski definition) is 3. The topological polar surface area (TPSA) is 107 Å². The summed E-state index contributed by atoms with van der Waals surface area (Å²) in [5.41, 5.74) is 0. The van der Waals surface area contributed by atoms with E-state index in [1.807, 2.05) is 20.8 Å². The van der Waals surface area contributed by atoms with Gasteiger partial charge in [-0.3, -0.25) is 4.79 Å². The molecule has 0 saturated carbocycles. The first kappa shape index (κ1) is 18.2. The van der Waals surface area contributed by atoms with E-state index in [0.29, 0.717) is 6.54 Å². The van der Waals surface area contributed by atoms with Crippen molar-refractivity contribution in [3.63, 3.8) is 0 Å². The molecule has 0 aliphatic heterocycles. The summed E-state index contributed by atoms with van der Waals surface area (Å²) in [4.78, 5) is 35.1. The first-order valence-corrected chi connectivity index (χ1v) is 6.81. The molecule has 20 heavy (non-hydrogen) atoms. The van der Waals surface area contributed by atoms with Gasteiger partial charge in [0.1, 0.15) is 6.04 Å². The van der Waals surface area contributed by atoms with Crippen LogP contribution in [0, 0.1) is 0 Å². The predicted octanol–water partition coefficient (Wildman–Crippen LogP) is 1.52. The molecular weight excluding hydrogens is 264 g/mol. The molecule has 0 aromatic rings. The maximum Gasteiger partial charge on any atom is 0.326 e. The van der Waals surface area contributed by atoms with Gasteiger partial charge >= 0.3 is 18.0 Å². The lowest BCUT2D eigenvalue weighted by Crippen LogP contribution is -2.51. The Kier molecular flexibility index (Phi) is 8.35. The van der Waals surface area contributed by atoms with Gasteiger partial charge in [0.25, 0.3) is 0 Å². The third-order valence-electron chi connectivity index (χ3n) is 2.86. The summed E-state index contributed by atoms with van der Waals surface area (Å²) in [6.07, 6.45) is 2.19. The van der Waals surface area contributed by atoms with Crippen LogP contribution >= 0.6 is 0 Å². The Bertz CT molecular complexity index is 344. The number of aliphatic carboxylic acids is 2. The fourth-order valence-electron chi connectivity index (χ4n) is 1.73. The number of carbonyl (C=O) groups excluding carboxylic acids is 1. The molecule has 7 nitrogen and oxygen atoms in total. The Labute approximate surface area is 119 Å². The maximum atomic E-state index is 12.0. The zero-order valence-corrected chi connectivity index (χ0v) is 12.3. The Morgan fingerprint density at radius 3 is 2.15 bits per heavy atom. The van der Waals surface area contributed by atoms with Crippen molar-refractivity contribution in [2.24, 2.45) is 0 Å². The van der Waals surface area contributed by atoms with Crippen LogP contribution in [0.25, 0.3) is 0 Å². The third-order valence-corrected chi connectivity index (χ3v) is 2.86. The minimum absolute atomic E-state index is 0.0777. The Balaban J connectivity index is 4.62. The molecule has 0 aliphatic carbocycles. The molecular formula is C13H24N2O5. The quantitative estimate of drug-likeness (QED) is 0.558. The number of urea groups is 1. The van der Waals surface area contributed by atoms with Crippen LogP contribution in [0.15, 0.2) is 0 Å². The molecule has 2 amide bonds. The van der Waals surface area contributed by atoms with Gasteiger partial charge in [-0.05, 0) is 20.3 Å². The molecule has 0 saturated heterocycles. The van der Waals surface area contributed by atoms with Crippen molar-refractivity contribution in [1.82, 2.24) is 10.2 Å². The monoisotopic (exact) mass is 288 g/mol. The highest BCUT2D eigenvalue weighted by Crippen LogP contribution is 2.05. The number of carboxylic acids is 2. The van der Waals surface area contributed by atoms with Crippen LogP contribution in [-0.4, -0.2) is 51.7 Å². The van der Waals surface area contributed by atoms with Crippen LogP contribution in [0.2, 0.25) is 0 Å². The van der Waals surface area contributed by atoms with E-state index in [1.54, 1.807) is 0 Å². The van der Waals surface area contributed by atoms with E-state index in [9.17, 15) is 14.4 Å². The van der Waals surface area contributed by atoms with Crippen molar-refractivity contribution < 1.29 is 24.6 Å². The van der Waals surface area contributed by atoms with Gasteiger partial charge in [0, 0.05) is 12.6 Å². The van der Waals surface area contributed by atoms with Gasteiger partial charge in [0.05, 0.1) is 6.42 Å². The van der Waals surface area contributed by atoms with Crippen molar-refractivity contribution in [2.75, 3.05) is 6.54 Å². The van der Waals surface area contributed by atoms with E-state index in [2.05, 4.69) is 5.32 Å². The van der Waals surface area contributed by atoms with Crippen molar-refractivity contribution in [2.45, 2.75) is 58.5 Å². The zero-order chi connectivity index (χ0) is 15.7. The summed E-state index contributed by atoms with van der Waals surface area (Å²) in [5.74, 6) is -2.61. The third kappa shape index (κ3) is 6.96. The smallest absolute Gasteiger partial charge is 0.326 e. The first-order chi connectivity index (χ1) is 9.29. The van der Waals surface area contributed by atoms with Gasteiger partial charge < -0.3 is 20.4 Å². The maximum absolute atomic E-state index is 12.0. The molecule has 0 aromatic carbocycles. The highest BCUT2D eigenvalue weighted by atomic mass is 16.4. The van der Waals surface area contributed by atoms with Gasteiger partial charge in [0.2, 0.25) is 0 Å². The van der Waals surface area contributed by atoms with Crippen LogP contribution in [0.3, 0.4) is 0 Å². The Hall–Kier alpha value is -1.79. The molecule has 116 valence electrons. The van der Waals surface area contributed by atoms with E-state index in [-0.39, 0.29) is 6.04 Å². The molecule has 1 atom stereocenters. The SMILES string of the molecule is CCCCCN(C(=O)N[C@@H](CC(=O)O)C(=O)O)C(C)C. The lowest BCUT2D eigenvalue weighted by atomic mass is 10.2. The lowest BCUT2D eigenvalue weighted by Gasteiger charge is -2.28. The predicted molar refractivity (Wildman–Crippen MR) is 73.6 cm³/mol. The van der Waals surface area contributed by atoms with Crippen LogP contribution in [0.4, 0.5) is 4.79 Å². The summed E-state index contributed by atoms with van der Waals surface area (Å²) >= 11 is 0. The highest BCUT2D eigenvalue weighted by Gasteiger charge is 2.26. The molecule has 0 spiro atoms. The molecule has 0 fully saturated rings. The van der Waals surface area contributed by atoms with E-state index in [1.165, 1.54) is 4.90 Å². The molecule has 0 aliphatic rings. The van der Waals surface area contributed by atoms with Gasteiger partial charge in [-0.15, -0.1) is 0 Å². The molecule has 0 radical (unpaired) electrons. The Morgan fingerprint density at radius 2 is 1.75 bits per heavy atom. The van der Waals surface area contributed by atoms with E-state index in [0.717, 1.165) is 19.3 Å². The first-order valence-electron chi connectivity index (χ1n) is 6.81. The summed E-state index contributed by atoms with van der Waals surface area (Å²) < 4.78 is 0. The van der Waals surface area contributed by atoms with Gasteiger partial charge in [-0.25, -0.2) is 9.59 Å². The van der Waals surface area contributed by atoms with E-state index >= 15 is 0 Å². The van der Waals surface area contributed by atoms with E-state index in [4.69, 9.17) is 10.2 Å². The number of amides is 2. The number of carboxylic acid groups (broad SMARTS) is 2. The minimum atomic E-state index is -1.41. The number of rotatable bonds is 9. The van der Waals surface area contributed by atoms with Gasteiger partial charge in [-0.1, -0.05) is 19.8 Å². The fourth-order valence-corrected chi connectivity index (χ4v) is 1.73. The van der Waals surface area contributed by atoms with Gasteiger partial charge in [-0.2, -0.15) is 0 Å². The molecule has 0 heterocycles. The second-order valence-electron chi connectivity index (χ2n) is 4.93. The molecule has 0 rings (SSSR count). The molecule has 0 unspecified atom stereocenters. The minimum Gasteiger partial charge on any atom is -0.481 e. The molecule has 0 bridgehead atoms. The van der Waals surface area contributed by atoms with E-state index < -0.39 is 30.4 Å². The van der Waals surface area contributed by atoms with Gasteiger partial charge in [0.15, 0.2) is 0 Å². The standard InChI is InChI=1S/C13H24N2O5/c1-4-5-6-7-15(9(2)3)13(20)14-10(12(18)19)8-11(16)17/h9-10H,4-8H2,1-3H3,(H,14,20)(H,16,17)(H,18,19)/t10-/m0/s1. The summed E-state index contributed by atoms with van der Waals surface area (Å²) in [7, 11) is 0. The number of carbonyl (C=O) groups is 3. The highest BCUT2D eigenvalue weighted by molar-refractivity contribution is 5.86. The second-order valence-corrected chi connectivity index (χ2v) is 4.93. The van der Waals surface area contributed by atoms with Crippen LogP contribution in [-0.2, 0) is 9.59 Å². The number of hydrogen-bond acceptors (Lipinski definition) is 3. The van der Waals surface area contributed by atoms with Crippen LogP contribution in [0.1, 0.15) is 46.5 Å². The summed E-state index contributed by atoms with van der Waals surface area (Å²) in [6, 6.07) is -2.02. The van der Waals surface area contributed by atoms with Crippen molar-refractivity contribution in [1.29, 1.82) is 0 Å². The average molecular weight is 288 g/mol. The molecule has 7 heteroatoms. The van der Waals surface area contributed by atoms with Crippen molar-refractivity contribution >= 4 is 18.0 Å². The van der Waals surface area contributed by atoms with Crippen molar-refractivity contribution in [3.05, 3.63) is 0 Å². The second kappa shape index (κ2) is 9.17. The summed E-state index contributed by atoms with van der Waals surface area (Å²) in [5, 5.41) is 19.8. The summed E-state index contributed by atoms with van der Waals surface area (Å²) in [6.45, 7) is 6.24. The average Bonchev–Trinajstić information content (AvgIpc) is 2.32. The largest absolute Gasteiger partial charge is 0.481 e. The number of nitrogens with one attached hydrogen (secondary N) is 1. The number of nitrogens with zero attached hydrogens (tertiary/aromatic N) is 1. The molecule has 3 N–H and O–H groups in total. The van der Waals surface area contributed by atoms with Crippen LogP contribution in [0.5, 0.6) is 0 Å². The van der Waals surface area contributed by atoms with Crippen molar-refractivity contribution in [3.8, 4) is 0 Å². The Morgan fingerprint density at radius 1 is 1.15 bits per heavy atom. The zero-order valence-electron chi connectivity index (χ0n) is 12.3. The number of unbranched alkanes of at least 4 members (excludes halogenated alkanes) is 2.